The summed E-state index contributed by atoms with van der Waals surface area (Å²) in [5.41, 5.74) is 0. The number of unbranched alkanes of at least 4 members (excludes halogenated alkanes) is 4. The van der Waals surface area contributed by atoms with Crippen LogP contribution in [0.5, 0.6) is 0 Å². The van der Waals surface area contributed by atoms with Gasteiger partial charge in [0.05, 0.1) is 0 Å². The Morgan fingerprint density at radius 1 is 0.875 bits per heavy atom. The van der Waals surface area contributed by atoms with Crippen LogP contribution in [0.25, 0.3) is 0 Å². The second-order valence-corrected chi connectivity index (χ2v) is 4.67. The zero-order valence-corrected chi connectivity index (χ0v) is 10.9. The highest BCUT2D eigenvalue weighted by Gasteiger charge is 2.26. The third-order valence-corrected chi connectivity index (χ3v) is 3.24. The van der Waals surface area contributed by atoms with Crippen LogP contribution < -0.4 is 0 Å². The number of nitrogens with zero attached hydrogens (tertiary/aromatic N) is 2. The van der Waals surface area contributed by atoms with Crippen LogP contribution in [0.4, 0.5) is 4.79 Å². The first kappa shape index (κ1) is 13.3. The Balaban J connectivity index is 2.19. The first-order valence-electron chi connectivity index (χ1n) is 6.83. The minimum Gasteiger partial charge on any atom is -0.323 e. The minimum absolute atomic E-state index is 0.271. The summed E-state index contributed by atoms with van der Waals surface area (Å²) in [6.45, 7) is 8.18. The fraction of sp³-hybridized carbons (Fsp3) is 0.923. The lowest BCUT2D eigenvalue weighted by Crippen LogP contribution is -2.33. The molecule has 0 atom stereocenters. The van der Waals surface area contributed by atoms with Crippen molar-refractivity contribution in [2.45, 2.75) is 52.4 Å². The molecule has 3 heteroatoms. The smallest absolute Gasteiger partial charge is 0.320 e. The van der Waals surface area contributed by atoms with E-state index in [4.69, 9.17) is 0 Å². The molecule has 1 aliphatic heterocycles. The van der Waals surface area contributed by atoms with Crippen LogP contribution in [-0.4, -0.2) is 42.0 Å². The van der Waals surface area contributed by atoms with E-state index in [0.717, 1.165) is 39.0 Å². The van der Waals surface area contributed by atoms with Crippen LogP contribution in [0, 0.1) is 0 Å². The van der Waals surface area contributed by atoms with Gasteiger partial charge in [0.25, 0.3) is 0 Å². The van der Waals surface area contributed by atoms with E-state index < -0.39 is 0 Å². The molecule has 0 unspecified atom stereocenters. The van der Waals surface area contributed by atoms with Gasteiger partial charge >= 0.3 is 6.03 Å². The summed E-state index contributed by atoms with van der Waals surface area (Å²) >= 11 is 0. The quantitative estimate of drug-likeness (QED) is 0.583. The number of hydrogen-bond donors (Lipinski definition) is 0. The normalized spacial score (nSPS) is 16.2. The maximum absolute atomic E-state index is 11.9. The molecular weight excluding hydrogens is 200 g/mol. The predicted molar refractivity (Wildman–Crippen MR) is 67.6 cm³/mol. The molecule has 94 valence electrons. The molecule has 0 N–H and O–H groups in total. The molecule has 1 aliphatic rings. The van der Waals surface area contributed by atoms with Crippen LogP contribution in [0.15, 0.2) is 0 Å². The highest BCUT2D eigenvalue weighted by atomic mass is 16.2. The average Bonchev–Trinajstić information content (AvgIpc) is 2.62. The van der Waals surface area contributed by atoms with Gasteiger partial charge in [0.2, 0.25) is 0 Å². The average molecular weight is 226 g/mol. The SMILES string of the molecule is CCCCCN1CCN(CCCCC)C1=O. The Morgan fingerprint density at radius 3 is 1.69 bits per heavy atom. The van der Waals surface area contributed by atoms with Crippen molar-refractivity contribution in [2.24, 2.45) is 0 Å². The topological polar surface area (TPSA) is 23.6 Å². The molecule has 1 rings (SSSR count). The van der Waals surface area contributed by atoms with Crippen molar-refractivity contribution >= 4 is 6.03 Å². The summed E-state index contributed by atoms with van der Waals surface area (Å²) in [7, 11) is 0. The molecule has 0 aromatic carbocycles. The third kappa shape index (κ3) is 4.03. The molecule has 0 saturated carbocycles. The highest BCUT2D eigenvalue weighted by molar-refractivity contribution is 5.76. The van der Waals surface area contributed by atoms with Gasteiger partial charge in [-0.3, -0.25) is 0 Å². The minimum atomic E-state index is 0.271. The van der Waals surface area contributed by atoms with Crippen LogP contribution in [0.2, 0.25) is 0 Å². The third-order valence-electron chi connectivity index (χ3n) is 3.24. The summed E-state index contributed by atoms with van der Waals surface area (Å²) < 4.78 is 0. The highest BCUT2D eigenvalue weighted by Crippen LogP contribution is 2.11. The van der Waals surface area contributed by atoms with Crippen molar-refractivity contribution in [1.82, 2.24) is 9.80 Å². The van der Waals surface area contributed by atoms with Crippen molar-refractivity contribution in [1.29, 1.82) is 0 Å². The largest absolute Gasteiger partial charge is 0.323 e. The van der Waals surface area contributed by atoms with E-state index in [9.17, 15) is 4.79 Å². The van der Waals surface area contributed by atoms with E-state index in [1.807, 2.05) is 9.80 Å². The molecule has 1 heterocycles. The molecule has 0 radical (unpaired) electrons. The Hall–Kier alpha value is -0.730. The second kappa shape index (κ2) is 7.53. The van der Waals surface area contributed by atoms with E-state index in [1.54, 1.807) is 0 Å². The molecule has 1 fully saturated rings. The monoisotopic (exact) mass is 226 g/mol. The van der Waals surface area contributed by atoms with Crippen molar-refractivity contribution in [3.63, 3.8) is 0 Å². The van der Waals surface area contributed by atoms with Gasteiger partial charge in [0, 0.05) is 26.2 Å². The first-order chi connectivity index (χ1) is 7.79. The van der Waals surface area contributed by atoms with Crippen LogP contribution in [0.3, 0.4) is 0 Å². The first-order valence-corrected chi connectivity index (χ1v) is 6.83. The molecule has 0 spiro atoms. The van der Waals surface area contributed by atoms with Crippen LogP contribution in [0.1, 0.15) is 52.4 Å². The number of rotatable bonds is 8. The second-order valence-electron chi connectivity index (χ2n) is 4.67. The molecule has 3 nitrogen and oxygen atoms in total. The fourth-order valence-electron chi connectivity index (χ4n) is 2.15. The summed E-state index contributed by atoms with van der Waals surface area (Å²) in [5.74, 6) is 0. The van der Waals surface area contributed by atoms with Crippen molar-refractivity contribution in [3.8, 4) is 0 Å². The number of hydrogen-bond acceptors (Lipinski definition) is 1. The molecule has 0 aromatic rings. The number of carbonyl (C=O) groups is 1. The lowest BCUT2D eigenvalue weighted by atomic mass is 10.2. The van der Waals surface area contributed by atoms with E-state index in [-0.39, 0.29) is 6.03 Å². The van der Waals surface area contributed by atoms with Gasteiger partial charge in [-0.25, -0.2) is 4.79 Å². The van der Waals surface area contributed by atoms with E-state index in [2.05, 4.69) is 13.8 Å². The predicted octanol–water partition coefficient (Wildman–Crippen LogP) is 3.10. The van der Waals surface area contributed by atoms with Gasteiger partial charge in [-0.2, -0.15) is 0 Å². The van der Waals surface area contributed by atoms with Crippen molar-refractivity contribution in [2.75, 3.05) is 26.2 Å². The maximum Gasteiger partial charge on any atom is 0.320 e. The molecule has 0 aromatic heterocycles. The van der Waals surface area contributed by atoms with Crippen LogP contribution in [-0.2, 0) is 0 Å². The van der Waals surface area contributed by atoms with Gasteiger partial charge in [-0.15, -0.1) is 0 Å². The lowest BCUT2D eigenvalue weighted by Gasteiger charge is -2.18. The molecule has 1 saturated heterocycles. The Kier molecular flexibility index (Phi) is 6.27. The van der Waals surface area contributed by atoms with Gasteiger partial charge in [-0.1, -0.05) is 39.5 Å². The molecule has 16 heavy (non-hydrogen) atoms. The standard InChI is InChI=1S/C13H26N2O/c1-3-5-7-9-14-11-12-15(13(14)16)10-8-6-4-2/h3-12H2,1-2H3. The molecule has 2 amide bonds. The zero-order valence-electron chi connectivity index (χ0n) is 10.9. The Bertz CT molecular complexity index is 186. The van der Waals surface area contributed by atoms with E-state index in [0.29, 0.717) is 0 Å². The van der Waals surface area contributed by atoms with Gasteiger partial charge in [0.15, 0.2) is 0 Å². The van der Waals surface area contributed by atoms with Crippen molar-refractivity contribution in [3.05, 3.63) is 0 Å². The van der Waals surface area contributed by atoms with Gasteiger partial charge < -0.3 is 9.80 Å². The summed E-state index contributed by atoms with van der Waals surface area (Å²) in [6, 6.07) is 0.271. The number of carbonyl (C=O) groups excluding carboxylic acids is 1. The Morgan fingerprint density at radius 2 is 1.31 bits per heavy atom. The molecular formula is C13H26N2O. The van der Waals surface area contributed by atoms with E-state index >= 15 is 0 Å². The van der Waals surface area contributed by atoms with Gasteiger partial charge in [0.1, 0.15) is 0 Å². The molecule has 0 bridgehead atoms. The number of urea groups is 1. The van der Waals surface area contributed by atoms with Gasteiger partial charge in [-0.05, 0) is 12.8 Å². The zero-order chi connectivity index (χ0) is 11.8. The fourth-order valence-corrected chi connectivity index (χ4v) is 2.15. The van der Waals surface area contributed by atoms with Crippen molar-refractivity contribution < 1.29 is 4.79 Å². The number of amides is 2. The summed E-state index contributed by atoms with van der Waals surface area (Å²) in [4.78, 5) is 16.0. The lowest BCUT2D eigenvalue weighted by molar-refractivity contribution is 0.190. The van der Waals surface area contributed by atoms with Crippen LogP contribution >= 0.6 is 0 Å². The maximum atomic E-state index is 11.9. The summed E-state index contributed by atoms with van der Waals surface area (Å²) in [6.07, 6.45) is 7.24. The Labute approximate surface area is 99.8 Å². The molecule has 0 aliphatic carbocycles. The summed E-state index contributed by atoms with van der Waals surface area (Å²) in [5, 5.41) is 0. The van der Waals surface area contributed by atoms with E-state index in [1.165, 1.54) is 25.7 Å².